The Bertz CT molecular complexity index is 1350. The molecule has 0 spiro atoms. The molecule has 0 saturated heterocycles. The average molecular weight is 622 g/mol. The van der Waals surface area contributed by atoms with Crippen molar-refractivity contribution in [1.29, 1.82) is 0 Å². The quantitative estimate of drug-likeness (QED) is 0.0814. The van der Waals surface area contributed by atoms with E-state index in [2.05, 4.69) is 13.8 Å². The fraction of sp³-hybridized carbons (Fsp3) is 0.316. The zero-order valence-corrected chi connectivity index (χ0v) is 27.4. The molecule has 0 aliphatic heterocycles. The molecule has 7 heteroatoms. The summed E-state index contributed by atoms with van der Waals surface area (Å²) in [7, 11) is 0. The Kier molecular flexibility index (Phi) is 14.1. The Balaban J connectivity index is 1.41. The Labute approximate surface area is 274 Å². The first-order chi connectivity index (χ1) is 22.1. The third-order valence-corrected chi connectivity index (χ3v) is 8.23. The van der Waals surface area contributed by atoms with Gasteiger partial charge in [0.2, 0.25) is 0 Å². The molecule has 0 heterocycles. The van der Waals surface area contributed by atoms with Crippen molar-refractivity contribution in [3.8, 4) is 23.0 Å². The number of carbonyl (C=O) groups excluding carboxylic acids is 2. The first-order valence-electron chi connectivity index (χ1n) is 16.0. The van der Waals surface area contributed by atoms with Crippen LogP contribution >= 0.6 is 0 Å². The van der Waals surface area contributed by atoms with Gasteiger partial charge in [0.25, 0.3) is 0 Å². The van der Waals surface area contributed by atoms with E-state index in [1.165, 1.54) is 0 Å². The third-order valence-electron chi connectivity index (χ3n) is 7.57. The van der Waals surface area contributed by atoms with Crippen molar-refractivity contribution in [2.75, 3.05) is 0 Å². The van der Waals surface area contributed by atoms with Gasteiger partial charge in [0, 0.05) is 0 Å². The molecule has 2 unspecified atom stereocenters. The second kappa shape index (κ2) is 18.7. The molecule has 6 nitrogen and oxygen atoms in total. The monoisotopic (exact) mass is 621 g/mol. The van der Waals surface area contributed by atoms with Crippen LogP contribution in [0.1, 0.15) is 88.2 Å². The molecular formula is C38H42AlO6+. The normalized spacial score (nSPS) is 12.0. The molecule has 232 valence electrons. The summed E-state index contributed by atoms with van der Waals surface area (Å²) in [5.41, 5.74) is 1.64. The van der Waals surface area contributed by atoms with Crippen molar-refractivity contribution in [2.24, 2.45) is 0 Å². The summed E-state index contributed by atoms with van der Waals surface area (Å²) in [6.07, 6.45) is 7.16. The molecule has 0 saturated carbocycles. The number of carbonyl (C=O) groups is 2. The molecule has 0 fully saturated rings. The van der Waals surface area contributed by atoms with E-state index in [9.17, 15) is 9.59 Å². The van der Waals surface area contributed by atoms with Crippen molar-refractivity contribution >= 4 is 27.8 Å². The topological polar surface area (TPSA) is 71.1 Å². The SMILES string of the molecule is CCCCCC(C(=O)[O][Al+][O]C(=O)C(CCCCC)c1cccc(Oc2ccccc2)c1)c1cccc(Oc2ccccc2)c1. The summed E-state index contributed by atoms with van der Waals surface area (Å²) in [5, 5.41) is 0. The van der Waals surface area contributed by atoms with Gasteiger partial charge in [-0.05, 0) is 0 Å². The fourth-order valence-electron chi connectivity index (χ4n) is 5.16. The number of ether oxygens (including phenoxy) is 2. The van der Waals surface area contributed by atoms with Crippen LogP contribution in [0.25, 0.3) is 0 Å². The molecule has 4 rings (SSSR count). The van der Waals surface area contributed by atoms with Crippen LogP contribution in [0.3, 0.4) is 0 Å². The molecule has 0 amide bonds. The Morgan fingerprint density at radius 3 is 1.33 bits per heavy atom. The second-order valence-corrected chi connectivity index (χ2v) is 11.7. The number of unbranched alkanes of at least 4 members (excludes halogenated alkanes) is 4. The van der Waals surface area contributed by atoms with Gasteiger partial charge in [0.1, 0.15) is 0 Å². The van der Waals surface area contributed by atoms with Crippen LogP contribution in [-0.2, 0) is 17.2 Å². The van der Waals surface area contributed by atoms with Crippen molar-refractivity contribution < 1.29 is 26.6 Å². The van der Waals surface area contributed by atoms with Crippen LogP contribution in [0, 0.1) is 0 Å². The van der Waals surface area contributed by atoms with Crippen LogP contribution < -0.4 is 9.47 Å². The summed E-state index contributed by atoms with van der Waals surface area (Å²) in [6, 6.07) is 34.2. The molecule has 4 aromatic rings. The molecule has 0 radical (unpaired) electrons. The average Bonchev–Trinajstić information content (AvgIpc) is 3.06. The number of benzene rings is 4. The van der Waals surface area contributed by atoms with Gasteiger partial charge >= 0.3 is 275 Å². The van der Waals surface area contributed by atoms with Crippen LogP contribution in [0.15, 0.2) is 109 Å². The fourth-order valence-corrected chi connectivity index (χ4v) is 5.73. The zero-order valence-electron chi connectivity index (χ0n) is 26.2. The van der Waals surface area contributed by atoms with Crippen molar-refractivity contribution in [1.82, 2.24) is 0 Å². The van der Waals surface area contributed by atoms with Gasteiger partial charge in [-0.1, -0.05) is 0 Å². The number of hydrogen-bond donors (Lipinski definition) is 0. The first kappa shape index (κ1) is 33.8. The maximum absolute atomic E-state index is 13.4. The van der Waals surface area contributed by atoms with Crippen molar-refractivity contribution in [3.05, 3.63) is 120 Å². The van der Waals surface area contributed by atoms with Crippen molar-refractivity contribution in [3.63, 3.8) is 0 Å². The van der Waals surface area contributed by atoms with E-state index in [4.69, 9.17) is 17.1 Å². The molecule has 0 aliphatic rings. The molecule has 0 aromatic heterocycles. The number of rotatable bonds is 18. The van der Waals surface area contributed by atoms with Crippen LogP contribution in [-0.4, -0.2) is 27.8 Å². The zero-order chi connectivity index (χ0) is 31.7. The predicted octanol–water partition coefficient (Wildman–Crippen LogP) is 9.92. The maximum atomic E-state index is 13.4. The number of para-hydroxylation sites is 2. The van der Waals surface area contributed by atoms with E-state index in [0.29, 0.717) is 24.3 Å². The molecule has 0 aliphatic carbocycles. The second-order valence-electron chi connectivity index (χ2n) is 11.0. The van der Waals surface area contributed by atoms with E-state index in [1.807, 2.05) is 109 Å². The van der Waals surface area contributed by atoms with Gasteiger partial charge < -0.3 is 0 Å². The summed E-state index contributed by atoms with van der Waals surface area (Å²) < 4.78 is 23.4. The van der Waals surface area contributed by atoms with Gasteiger partial charge in [0.15, 0.2) is 0 Å². The molecular weight excluding hydrogens is 579 g/mol. The Hall–Kier alpha value is -4.05. The summed E-state index contributed by atoms with van der Waals surface area (Å²) in [5.74, 6) is 1.03. The van der Waals surface area contributed by atoms with Gasteiger partial charge in [-0.25, -0.2) is 0 Å². The minimum absolute atomic E-state index is 0.383. The van der Waals surface area contributed by atoms with E-state index < -0.39 is 27.7 Å². The molecule has 4 aromatic carbocycles. The number of hydrogen-bond acceptors (Lipinski definition) is 6. The van der Waals surface area contributed by atoms with E-state index in [-0.39, 0.29) is 11.9 Å². The molecule has 2 atom stereocenters. The van der Waals surface area contributed by atoms with Gasteiger partial charge in [0.05, 0.1) is 0 Å². The Morgan fingerprint density at radius 1 is 0.533 bits per heavy atom. The van der Waals surface area contributed by atoms with E-state index in [1.54, 1.807) is 0 Å². The summed E-state index contributed by atoms with van der Waals surface area (Å²) in [4.78, 5) is 26.8. The molecule has 0 N–H and O–H groups in total. The standard InChI is InChI=1S/2C19H22O3.Al/c2*1-2-3-5-13-18(19(20)21)15-9-8-12-17(14-15)22-16-10-6-4-7-11-16;/h2*4,6-12,14,18H,2-3,5,13H2,1H3,(H,20,21);/q;;+3/p-2. The molecule has 45 heavy (non-hydrogen) atoms. The van der Waals surface area contributed by atoms with Gasteiger partial charge in [-0.15, -0.1) is 0 Å². The predicted molar refractivity (Wildman–Crippen MR) is 178 cm³/mol. The molecule has 0 bridgehead atoms. The van der Waals surface area contributed by atoms with Crippen LogP contribution in [0.5, 0.6) is 23.0 Å². The van der Waals surface area contributed by atoms with E-state index >= 15 is 0 Å². The Morgan fingerprint density at radius 2 is 0.933 bits per heavy atom. The van der Waals surface area contributed by atoms with Crippen LogP contribution in [0.2, 0.25) is 0 Å². The van der Waals surface area contributed by atoms with Crippen molar-refractivity contribution in [2.45, 2.75) is 77.0 Å². The first-order valence-corrected chi connectivity index (χ1v) is 16.9. The van der Waals surface area contributed by atoms with Gasteiger partial charge in [-0.3, -0.25) is 0 Å². The summed E-state index contributed by atoms with van der Waals surface area (Å²) in [6.45, 7) is 4.26. The third kappa shape index (κ3) is 11.1. The summed E-state index contributed by atoms with van der Waals surface area (Å²) >= 11 is -1.32. The van der Waals surface area contributed by atoms with E-state index in [0.717, 1.165) is 61.2 Å². The van der Waals surface area contributed by atoms with Crippen LogP contribution in [0.4, 0.5) is 0 Å². The minimum atomic E-state index is -1.32. The van der Waals surface area contributed by atoms with Gasteiger partial charge in [-0.2, -0.15) is 0 Å².